The van der Waals surface area contributed by atoms with Gasteiger partial charge in [0.15, 0.2) is 5.78 Å². The highest BCUT2D eigenvalue weighted by molar-refractivity contribution is 6.04. The molecule has 0 aliphatic rings. The van der Waals surface area contributed by atoms with E-state index in [4.69, 9.17) is 0 Å². The van der Waals surface area contributed by atoms with Crippen molar-refractivity contribution in [3.05, 3.63) is 65.0 Å². The molecule has 102 valence electrons. The summed E-state index contributed by atoms with van der Waals surface area (Å²) in [6.45, 7) is 3.26. The van der Waals surface area contributed by atoms with Gasteiger partial charge in [0.05, 0.1) is 5.56 Å². The molecule has 0 radical (unpaired) electrons. The second-order valence-electron chi connectivity index (χ2n) is 4.57. The molecular formula is C16H14FNO2. The van der Waals surface area contributed by atoms with Crippen molar-refractivity contribution in [1.82, 2.24) is 0 Å². The molecule has 0 spiro atoms. The number of benzene rings is 2. The first-order chi connectivity index (χ1) is 9.47. The Bertz CT molecular complexity index is 663. The number of Topliss-reactive ketones (excluding diaryl/α,β-unsaturated/α-hetero) is 1. The van der Waals surface area contributed by atoms with E-state index in [1.165, 1.54) is 19.1 Å². The van der Waals surface area contributed by atoms with Crippen LogP contribution in [-0.2, 0) is 0 Å². The van der Waals surface area contributed by atoms with Gasteiger partial charge in [0, 0.05) is 11.3 Å². The largest absolute Gasteiger partial charge is 0.322 e. The minimum Gasteiger partial charge on any atom is -0.322 e. The fraction of sp³-hybridized carbons (Fsp3) is 0.125. The Morgan fingerprint density at radius 1 is 1.05 bits per heavy atom. The molecular weight excluding hydrogens is 257 g/mol. The van der Waals surface area contributed by atoms with E-state index in [2.05, 4.69) is 5.32 Å². The summed E-state index contributed by atoms with van der Waals surface area (Å²) in [6, 6.07) is 10.8. The number of rotatable bonds is 3. The first-order valence-corrected chi connectivity index (χ1v) is 6.16. The SMILES string of the molecule is CC(=O)c1ccc(NC(=O)c2cc(C)ccc2F)cc1. The molecule has 1 N–H and O–H groups in total. The summed E-state index contributed by atoms with van der Waals surface area (Å²) in [7, 11) is 0. The lowest BCUT2D eigenvalue weighted by atomic mass is 10.1. The molecule has 1 amide bonds. The van der Waals surface area contributed by atoms with Crippen LogP contribution in [0.3, 0.4) is 0 Å². The van der Waals surface area contributed by atoms with Gasteiger partial charge < -0.3 is 5.32 Å². The predicted molar refractivity (Wildman–Crippen MR) is 75.5 cm³/mol. The van der Waals surface area contributed by atoms with Crippen LogP contribution >= 0.6 is 0 Å². The Morgan fingerprint density at radius 2 is 1.70 bits per heavy atom. The first-order valence-electron chi connectivity index (χ1n) is 6.16. The van der Waals surface area contributed by atoms with Crippen LogP contribution in [0, 0.1) is 12.7 Å². The molecule has 0 aromatic heterocycles. The van der Waals surface area contributed by atoms with Gasteiger partial charge in [-0.2, -0.15) is 0 Å². The molecule has 0 aliphatic carbocycles. The van der Waals surface area contributed by atoms with Gasteiger partial charge in [0.25, 0.3) is 5.91 Å². The van der Waals surface area contributed by atoms with Gasteiger partial charge in [0.2, 0.25) is 0 Å². The van der Waals surface area contributed by atoms with E-state index in [0.717, 1.165) is 5.56 Å². The molecule has 0 fully saturated rings. The third kappa shape index (κ3) is 3.09. The maximum absolute atomic E-state index is 13.6. The van der Waals surface area contributed by atoms with Crippen molar-refractivity contribution in [2.75, 3.05) is 5.32 Å². The van der Waals surface area contributed by atoms with Gasteiger partial charge >= 0.3 is 0 Å². The van der Waals surface area contributed by atoms with E-state index in [1.807, 2.05) is 0 Å². The Morgan fingerprint density at radius 3 is 2.30 bits per heavy atom. The summed E-state index contributed by atoms with van der Waals surface area (Å²) < 4.78 is 13.6. The lowest BCUT2D eigenvalue weighted by molar-refractivity contribution is 0.101. The topological polar surface area (TPSA) is 46.2 Å². The number of halogens is 1. The highest BCUT2D eigenvalue weighted by atomic mass is 19.1. The summed E-state index contributed by atoms with van der Waals surface area (Å²) in [5.74, 6) is -1.12. The van der Waals surface area contributed by atoms with Crippen LogP contribution in [0.2, 0.25) is 0 Å². The molecule has 4 heteroatoms. The van der Waals surface area contributed by atoms with E-state index in [9.17, 15) is 14.0 Å². The van der Waals surface area contributed by atoms with Crippen LogP contribution in [0.25, 0.3) is 0 Å². The Hall–Kier alpha value is -2.49. The van der Waals surface area contributed by atoms with Crippen LogP contribution in [-0.4, -0.2) is 11.7 Å². The summed E-state index contributed by atoms with van der Waals surface area (Å²) in [6.07, 6.45) is 0. The standard InChI is InChI=1S/C16H14FNO2/c1-10-3-8-15(17)14(9-10)16(20)18-13-6-4-12(5-7-13)11(2)19/h3-9H,1-2H3,(H,18,20). The molecule has 0 saturated carbocycles. The van der Waals surface area contributed by atoms with Crippen molar-refractivity contribution in [3.63, 3.8) is 0 Å². The molecule has 20 heavy (non-hydrogen) atoms. The average molecular weight is 271 g/mol. The number of nitrogens with one attached hydrogen (secondary N) is 1. The number of anilines is 1. The molecule has 2 aromatic carbocycles. The smallest absolute Gasteiger partial charge is 0.258 e. The van der Waals surface area contributed by atoms with Crippen LogP contribution in [0.1, 0.15) is 33.2 Å². The minimum atomic E-state index is -0.562. The fourth-order valence-corrected chi connectivity index (χ4v) is 1.80. The molecule has 0 bridgehead atoms. The van der Waals surface area contributed by atoms with Gasteiger partial charge in [-0.15, -0.1) is 0 Å². The maximum Gasteiger partial charge on any atom is 0.258 e. The normalized spacial score (nSPS) is 10.2. The Labute approximate surface area is 116 Å². The predicted octanol–water partition coefficient (Wildman–Crippen LogP) is 3.59. The molecule has 0 unspecified atom stereocenters. The summed E-state index contributed by atoms with van der Waals surface area (Å²) in [5, 5.41) is 2.60. The number of amides is 1. The summed E-state index contributed by atoms with van der Waals surface area (Å²) >= 11 is 0. The number of hydrogen-bond acceptors (Lipinski definition) is 2. The molecule has 0 aliphatic heterocycles. The molecule has 0 atom stereocenters. The molecule has 0 saturated heterocycles. The van der Waals surface area contributed by atoms with Crippen LogP contribution < -0.4 is 5.32 Å². The first kappa shape index (κ1) is 13.9. The van der Waals surface area contributed by atoms with E-state index < -0.39 is 11.7 Å². The zero-order valence-corrected chi connectivity index (χ0v) is 11.2. The van der Waals surface area contributed by atoms with Gasteiger partial charge in [-0.3, -0.25) is 9.59 Å². The number of hydrogen-bond donors (Lipinski definition) is 1. The van der Waals surface area contributed by atoms with Crippen molar-refractivity contribution >= 4 is 17.4 Å². The van der Waals surface area contributed by atoms with Gasteiger partial charge in [-0.05, 0) is 50.2 Å². The summed E-state index contributed by atoms with van der Waals surface area (Å²) in [4.78, 5) is 23.1. The number of carbonyl (C=O) groups excluding carboxylic acids is 2. The van der Waals surface area contributed by atoms with Crippen molar-refractivity contribution in [3.8, 4) is 0 Å². The monoisotopic (exact) mass is 271 g/mol. The van der Waals surface area contributed by atoms with Crippen LogP contribution in [0.5, 0.6) is 0 Å². The second-order valence-corrected chi connectivity index (χ2v) is 4.57. The van der Waals surface area contributed by atoms with Crippen LogP contribution in [0.15, 0.2) is 42.5 Å². The van der Waals surface area contributed by atoms with Crippen molar-refractivity contribution in [2.45, 2.75) is 13.8 Å². The number of ketones is 1. The zero-order chi connectivity index (χ0) is 14.7. The van der Waals surface area contributed by atoms with E-state index in [0.29, 0.717) is 11.3 Å². The molecule has 2 rings (SSSR count). The van der Waals surface area contributed by atoms with Gasteiger partial charge in [-0.25, -0.2) is 4.39 Å². The van der Waals surface area contributed by atoms with Crippen molar-refractivity contribution < 1.29 is 14.0 Å². The molecule has 0 heterocycles. The summed E-state index contributed by atoms with van der Waals surface area (Å²) in [5.41, 5.74) is 1.88. The lowest BCUT2D eigenvalue weighted by Crippen LogP contribution is -2.14. The van der Waals surface area contributed by atoms with E-state index in [1.54, 1.807) is 37.3 Å². The van der Waals surface area contributed by atoms with E-state index >= 15 is 0 Å². The number of aryl methyl sites for hydroxylation is 1. The average Bonchev–Trinajstić information content (AvgIpc) is 2.42. The van der Waals surface area contributed by atoms with E-state index in [-0.39, 0.29) is 11.3 Å². The quantitative estimate of drug-likeness (QED) is 0.867. The Balaban J connectivity index is 2.19. The third-order valence-electron chi connectivity index (χ3n) is 2.92. The maximum atomic E-state index is 13.6. The highest BCUT2D eigenvalue weighted by Crippen LogP contribution is 2.14. The third-order valence-corrected chi connectivity index (χ3v) is 2.92. The molecule has 2 aromatic rings. The Kier molecular flexibility index (Phi) is 3.94. The highest BCUT2D eigenvalue weighted by Gasteiger charge is 2.12. The van der Waals surface area contributed by atoms with Crippen LogP contribution in [0.4, 0.5) is 10.1 Å². The second kappa shape index (κ2) is 5.65. The van der Waals surface area contributed by atoms with Gasteiger partial charge in [-0.1, -0.05) is 11.6 Å². The molecule has 3 nitrogen and oxygen atoms in total. The van der Waals surface area contributed by atoms with Crippen molar-refractivity contribution in [2.24, 2.45) is 0 Å². The lowest BCUT2D eigenvalue weighted by Gasteiger charge is -2.07. The number of carbonyl (C=O) groups is 2. The van der Waals surface area contributed by atoms with Crippen molar-refractivity contribution in [1.29, 1.82) is 0 Å². The fourth-order valence-electron chi connectivity index (χ4n) is 1.80. The zero-order valence-electron chi connectivity index (χ0n) is 11.2. The minimum absolute atomic E-state index is 0.000597. The van der Waals surface area contributed by atoms with Gasteiger partial charge in [0.1, 0.15) is 5.82 Å².